The summed E-state index contributed by atoms with van der Waals surface area (Å²) < 4.78 is 0. The Morgan fingerprint density at radius 2 is 2.06 bits per heavy atom. The maximum absolute atomic E-state index is 4.56. The monoisotopic (exact) mass is 242 g/mol. The van der Waals surface area contributed by atoms with Crippen LogP contribution in [0, 0.1) is 12.3 Å². The van der Waals surface area contributed by atoms with Gasteiger partial charge in [-0.2, -0.15) is 0 Å². The number of aromatic nitrogens is 3. The normalized spacial score (nSPS) is 17.6. The molecule has 3 heterocycles. The van der Waals surface area contributed by atoms with Crippen molar-refractivity contribution < 1.29 is 0 Å². The van der Waals surface area contributed by atoms with Gasteiger partial charge < -0.3 is 9.88 Å². The number of hydrogen-bond acceptors (Lipinski definition) is 3. The second kappa shape index (κ2) is 3.83. The molecule has 0 aliphatic carbocycles. The van der Waals surface area contributed by atoms with Gasteiger partial charge >= 0.3 is 0 Å². The molecule has 4 heteroatoms. The highest BCUT2D eigenvalue weighted by molar-refractivity contribution is 5.62. The van der Waals surface area contributed by atoms with Crippen molar-refractivity contribution in [2.75, 3.05) is 18.0 Å². The summed E-state index contributed by atoms with van der Waals surface area (Å²) in [5.74, 6) is 0. The van der Waals surface area contributed by atoms with Crippen LogP contribution < -0.4 is 4.90 Å². The lowest BCUT2D eigenvalue weighted by atomic mass is 9.84. The number of imidazole rings is 1. The third-order valence-electron chi connectivity index (χ3n) is 3.42. The molecule has 4 nitrogen and oxygen atoms in total. The van der Waals surface area contributed by atoms with Gasteiger partial charge in [-0.25, -0.2) is 4.98 Å². The summed E-state index contributed by atoms with van der Waals surface area (Å²) in [6.45, 7) is 8.90. The lowest BCUT2D eigenvalue weighted by molar-refractivity contribution is 0.276. The minimum Gasteiger partial charge on any atom is -0.369 e. The molecular weight excluding hydrogens is 224 g/mol. The van der Waals surface area contributed by atoms with E-state index >= 15 is 0 Å². The second-order valence-electron chi connectivity index (χ2n) is 5.84. The van der Waals surface area contributed by atoms with Gasteiger partial charge in [0.15, 0.2) is 0 Å². The van der Waals surface area contributed by atoms with Crippen LogP contribution in [-0.2, 0) is 0 Å². The van der Waals surface area contributed by atoms with E-state index in [9.17, 15) is 0 Å². The molecule has 0 amide bonds. The summed E-state index contributed by atoms with van der Waals surface area (Å²) in [4.78, 5) is 14.1. The maximum atomic E-state index is 4.56. The summed E-state index contributed by atoms with van der Waals surface area (Å²) in [5, 5.41) is 0. The molecule has 3 rings (SSSR count). The molecule has 1 saturated heterocycles. The summed E-state index contributed by atoms with van der Waals surface area (Å²) in [7, 11) is 0. The Balaban J connectivity index is 1.86. The Labute approximate surface area is 107 Å². The first-order valence-electron chi connectivity index (χ1n) is 6.25. The molecule has 0 saturated carbocycles. The molecule has 2 aromatic rings. The molecule has 1 aliphatic rings. The van der Waals surface area contributed by atoms with Crippen molar-refractivity contribution in [2.24, 2.45) is 5.41 Å². The number of hydrogen-bond donors (Lipinski definition) is 1. The zero-order valence-electron chi connectivity index (χ0n) is 11.1. The van der Waals surface area contributed by atoms with Crippen molar-refractivity contribution in [1.29, 1.82) is 0 Å². The van der Waals surface area contributed by atoms with E-state index in [1.165, 1.54) is 11.3 Å². The van der Waals surface area contributed by atoms with Gasteiger partial charge in [0.2, 0.25) is 0 Å². The smallest absolute Gasteiger partial charge is 0.0924 e. The number of aryl methyl sites for hydroxylation is 1. The zero-order valence-corrected chi connectivity index (χ0v) is 11.1. The Hall–Kier alpha value is -1.84. The third kappa shape index (κ3) is 1.88. The van der Waals surface area contributed by atoms with E-state index in [0.29, 0.717) is 5.41 Å². The number of H-pyrrole nitrogens is 1. The Kier molecular flexibility index (Phi) is 2.40. The van der Waals surface area contributed by atoms with Crippen LogP contribution in [0.15, 0.2) is 24.8 Å². The molecular formula is C14H18N4. The molecule has 0 radical (unpaired) electrons. The lowest BCUT2D eigenvalue weighted by Crippen LogP contribution is -2.53. The number of anilines is 1. The van der Waals surface area contributed by atoms with Crippen LogP contribution in [0.2, 0.25) is 0 Å². The van der Waals surface area contributed by atoms with Gasteiger partial charge in [0.05, 0.1) is 35.8 Å². The summed E-state index contributed by atoms with van der Waals surface area (Å²) >= 11 is 0. The average molecular weight is 242 g/mol. The molecule has 0 atom stereocenters. The molecule has 1 aliphatic heterocycles. The highest BCUT2D eigenvalue weighted by Gasteiger charge is 2.34. The van der Waals surface area contributed by atoms with E-state index in [2.05, 4.69) is 46.7 Å². The number of nitrogens with one attached hydrogen (secondary N) is 1. The first-order valence-corrected chi connectivity index (χ1v) is 6.25. The van der Waals surface area contributed by atoms with E-state index in [1.54, 1.807) is 6.33 Å². The van der Waals surface area contributed by atoms with Gasteiger partial charge in [-0.3, -0.25) is 4.98 Å². The van der Waals surface area contributed by atoms with Gasteiger partial charge in [-0.15, -0.1) is 0 Å². The average Bonchev–Trinajstić information content (AvgIpc) is 2.79. The molecule has 0 aromatic carbocycles. The zero-order chi connectivity index (χ0) is 12.8. The molecule has 1 fully saturated rings. The van der Waals surface area contributed by atoms with Crippen molar-refractivity contribution in [2.45, 2.75) is 20.8 Å². The first-order chi connectivity index (χ1) is 8.55. The van der Waals surface area contributed by atoms with Gasteiger partial charge in [-0.05, 0) is 24.0 Å². The van der Waals surface area contributed by atoms with Crippen LogP contribution in [-0.4, -0.2) is 28.0 Å². The van der Waals surface area contributed by atoms with Crippen LogP contribution in [0.25, 0.3) is 11.4 Å². The predicted molar refractivity (Wildman–Crippen MR) is 72.5 cm³/mol. The molecule has 18 heavy (non-hydrogen) atoms. The molecule has 0 bridgehead atoms. The minimum atomic E-state index is 0.440. The summed E-state index contributed by atoms with van der Waals surface area (Å²) in [6.07, 6.45) is 5.45. The summed E-state index contributed by atoms with van der Waals surface area (Å²) in [5.41, 5.74) is 4.80. The second-order valence-corrected chi connectivity index (χ2v) is 5.84. The summed E-state index contributed by atoms with van der Waals surface area (Å²) in [6, 6.07) is 2.21. The SMILES string of the molecule is Cc1cc(N2CC(C)(C)C2)cnc1-c1cnc[nH]1. The fourth-order valence-electron chi connectivity index (χ4n) is 2.57. The fourth-order valence-corrected chi connectivity index (χ4v) is 2.57. The molecule has 0 spiro atoms. The van der Waals surface area contributed by atoms with Crippen molar-refractivity contribution in [1.82, 2.24) is 15.0 Å². The number of nitrogens with zero attached hydrogens (tertiary/aromatic N) is 3. The quantitative estimate of drug-likeness (QED) is 0.880. The standard InChI is InChI=1S/C14H18N4/c1-10-4-11(18-7-14(2,3)8-18)5-16-13(10)12-6-15-9-17-12/h4-6,9H,7-8H2,1-3H3,(H,15,17). The van der Waals surface area contributed by atoms with Crippen LogP contribution in [0.5, 0.6) is 0 Å². The van der Waals surface area contributed by atoms with Crippen LogP contribution in [0.3, 0.4) is 0 Å². The highest BCUT2D eigenvalue weighted by Crippen LogP contribution is 2.34. The van der Waals surface area contributed by atoms with Gasteiger partial charge in [0.25, 0.3) is 0 Å². The van der Waals surface area contributed by atoms with Crippen molar-refractivity contribution in [3.05, 3.63) is 30.4 Å². The van der Waals surface area contributed by atoms with E-state index in [-0.39, 0.29) is 0 Å². The Morgan fingerprint density at radius 1 is 1.28 bits per heavy atom. The van der Waals surface area contributed by atoms with E-state index in [0.717, 1.165) is 24.5 Å². The fraction of sp³-hybridized carbons (Fsp3) is 0.429. The number of aromatic amines is 1. The predicted octanol–water partition coefficient (Wildman–Crippen LogP) is 2.63. The Bertz CT molecular complexity index is 549. The topological polar surface area (TPSA) is 44.8 Å². The van der Waals surface area contributed by atoms with Gasteiger partial charge in [0, 0.05) is 13.1 Å². The van der Waals surface area contributed by atoms with Crippen molar-refractivity contribution in [3.63, 3.8) is 0 Å². The van der Waals surface area contributed by atoms with Crippen LogP contribution in [0.4, 0.5) is 5.69 Å². The van der Waals surface area contributed by atoms with E-state index in [4.69, 9.17) is 0 Å². The highest BCUT2D eigenvalue weighted by atomic mass is 15.2. The largest absolute Gasteiger partial charge is 0.369 e. The molecule has 1 N–H and O–H groups in total. The first kappa shape index (κ1) is 11.3. The van der Waals surface area contributed by atoms with Crippen molar-refractivity contribution in [3.8, 4) is 11.4 Å². The van der Waals surface area contributed by atoms with Gasteiger partial charge in [-0.1, -0.05) is 13.8 Å². The van der Waals surface area contributed by atoms with Crippen LogP contribution >= 0.6 is 0 Å². The van der Waals surface area contributed by atoms with Crippen LogP contribution in [0.1, 0.15) is 19.4 Å². The molecule has 0 unspecified atom stereocenters. The molecule has 2 aromatic heterocycles. The van der Waals surface area contributed by atoms with Crippen molar-refractivity contribution >= 4 is 5.69 Å². The molecule has 94 valence electrons. The number of rotatable bonds is 2. The minimum absolute atomic E-state index is 0.440. The van der Waals surface area contributed by atoms with Gasteiger partial charge in [0.1, 0.15) is 0 Å². The van der Waals surface area contributed by atoms with E-state index < -0.39 is 0 Å². The number of pyridine rings is 1. The Morgan fingerprint density at radius 3 is 2.61 bits per heavy atom. The third-order valence-corrected chi connectivity index (χ3v) is 3.42. The maximum Gasteiger partial charge on any atom is 0.0924 e. The van der Waals surface area contributed by atoms with E-state index in [1.807, 2.05) is 12.4 Å². The lowest BCUT2D eigenvalue weighted by Gasteiger charge is -2.47.